The van der Waals surface area contributed by atoms with Crippen LogP contribution >= 0.6 is 0 Å². The molecular weight excluding hydrogens is 997 g/mol. The third-order valence-electron chi connectivity index (χ3n) is 12.5. The lowest BCUT2D eigenvalue weighted by atomic mass is 9.82. The summed E-state index contributed by atoms with van der Waals surface area (Å²) in [6, 6.07) is 20.6. The van der Waals surface area contributed by atoms with Gasteiger partial charge < -0.3 is 47.4 Å². The summed E-state index contributed by atoms with van der Waals surface area (Å²) in [6.45, 7) is 13.9. The van der Waals surface area contributed by atoms with Gasteiger partial charge in [0.2, 0.25) is 0 Å². The van der Waals surface area contributed by atoms with Crippen molar-refractivity contribution in [1.29, 1.82) is 0 Å². The van der Waals surface area contributed by atoms with Crippen molar-refractivity contribution >= 4 is 47.8 Å². The van der Waals surface area contributed by atoms with Gasteiger partial charge in [0.1, 0.15) is 45.6 Å². The third-order valence-corrected chi connectivity index (χ3v) is 12.5. The van der Waals surface area contributed by atoms with E-state index in [1.54, 1.807) is 24.3 Å². The predicted octanol–water partition coefficient (Wildman–Crippen LogP) is 10.5. The van der Waals surface area contributed by atoms with E-state index in [2.05, 4.69) is 6.58 Å². The van der Waals surface area contributed by atoms with E-state index < -0.39 is 53.6 Å². The van der Waals surface area contributed by atoms with Gasteiger partial charge in [-0.15, -0.1) is 0 Å². The van der Waals surface area contributed by atoms with E-state index in [-0.39, 0.29) is 109 Å². The fraction of sp³-hybridized carbons (Fsp3) is 0.424. The van der Waals surface area contributed by atoms with E-state index in [9.17, 15) is 38.4 Å². The highest BCUT2D eigenvalue weighted by Gasteiger charge is 2.34. The Hall–Kier alpha value is -8.02. The van der Waals surface area contributed by atoms with Crippen LogP contribution in [0.4, 0.5) is 0 Å². The molecule has 18 heteroatoms. The summed E-state index contributed by atoms with van der Waals surface area (Å²) < 4.78 is 55.3. The van der Waals surface area contributed by atoms with Crippen molar-refractivity contribution in [3.63, 3.8) is 0 Å². The molecule has 0 radical (unpaired) electrons. The predicted molar refractivity (Wildman–Crippen MR) is 279 cm³/mol. The van der Waals surface area contributed by atoms with Crippen LogP contribution in [0.15, 0.2) is 97.6 Å². The molecule has 412 valence electrons. The number of hydrogen-bond donors (Lipinski definition) is 0. The molecule has 2 atom stereocenters. The molecule has 77 heavy (non-hydrogen) atoms. The molecule has 0 saturated heterocycles. The number of ether oxygens (including phenoxy) is 10. The molecule has 0 spiro atoms. The van der Waals surface area contributed by atoms with Crippen LogP contribution in [-0.2, 0) is 38.1 Å². The lowest BCUT2D eigenvalue weighted by molar-refractivity contribution is -0.145. The van der Waals surface area contributed by atoms with Gasteiger partial charge in [-0.2, -0.15) is 0 Å². The minimum atomic E-state index is -0.786. The van der Waals surface area contributed by atoms with Gasteiger partial charge in [-0.25, -0.2) is 24.0 Å². The van der Waals surface area contributed by atoms with Crippen LogP contribution < -0.4 is 28.4 Å². The number of benzene rings is 4. The van der Waals surface area contributed by atoms with E-state index in [4.69, 9.17) is 47.4 Å². The van der Waals surface area contributed by atoms with Crippen molar-refractivity contribution in [1.82, 2.24) is 0 Å². The van der Waals surface area contributed by atoms with Gasteiger partial charge in [0.15, 0.2) is 0 Å². The molecule has 0 aromatic heterocycles. The Morgan fingerprint density at radius 1 is 0.494 bits per heavy atom. The minimum absolute atomic E-state index is 0.000330. The van der Waals surface area contributed by atoms with E-state index in [0.717, 1.165) is 18.9 Å². The van der Waals surface area contributed by atoms with Gasteiger partial charge in [0, 0.05) is 13.0 Å². The van der Waals surface area contributed by atoms with Gasteiger partial charge in [-0.05, 0) is 148 Å². The number of carbonyl (C=O) groups excluding carboxylic acids is 8. The van der Waals surface area contributed by atoms with Gasteiger partial charge in [0.25, 0.3) is 0 Å². The SMILES string of the molecule is C=CC(=O)OCCCCOc1ccc(C(=O)Oc2ccc(OC(=O)C3CCC(C(=O)Oc4ccc(OC(=O)c5ccc(OCCCCOC(C)=O)cc5)cc4C(=O)OCC(C)CC)CC3)c(C(=O)OCC(C)CC)c2)cc1. The molecule has 4 aromatic rings. The molecule has 4 aromatic carbocycles. The first kappa shape index (κ1) is 59.9. The van der Waals surface area contributed by atoms with Crippen LogP contribution in [-0.4, -0.2) is 87.4 Å². The maximum absolute atomic E-state index is 13.7. The summed E-state index contributed by atoms with van der Waals surface area (Å²) in [6.07, 6.45) is 6.07. The van der Waals surface area contributed by atoms with Crippen molar-refractivity contribution in [2.45, 2.75) is 98.8 Å². The second-order valence-corrected chi connectivity index (χ2v) is 18.6. The van der Waals surface area contributed by atoms with Gasteiger partial charge >= 0.3 is 47.8 Å². The second-order valence-electron chi connectivity index (χ2n) is 18.6. The van der Waals surface area contributed by atoms with Crippen LogP contribution in [0.5, 0.6) is 34.5 Å². The highest BCUT2D eigenvalue weighted by Crippen LogP contribution is 2.35. The quantitative estimate of drug-likeness (QED) is 0.0162. The largest absolute Gasteiger partial charge is 0.494 e. The van der Waals surface area contributed by atoms with Gasteiger partial charge in [0.05, 0.1) is 62.6 Å². The van der Waals surface area contributed by atoms with Crippen LogP contribution in [0.1, 0.15) is 140 Å². The number of hydrogen-bond acceptors (Lipinski definition) is 18. The Morgan fingerprint density at radius 3 is 1.25 bits per heavy atom. The van der Waals surface area contributed by atoms with Crippen molar-refractivity contribution in [2.75, 3.05) is 39.6 Å². The first-order chi connectivity index (χ1) is 37.1. The Morgan fingerprint density at radius 2 is 0.870 bits per heavy atom. The third kappa shape index (κ3) is 19.9. The number of rotatable bonds is 29. The summed E-state index contributed by atoms with van der Waals surface area (Å²) in [5.74, 6) is -5.47. The topological polar surface area (TPSA) is 229 Å². The summed E-state index contributed by atoms with van der Waals surface area (Å²) in [7, 11) is 0. The Labute approximate surface area is 448 Å². The maximum atomic E-state index is 13.7. The molecule has 1 saturated carbocycles. The van der Waals surface area contributed by atoms with Crippen LogP contribution in [0, 0.1) is 23.7 Å². The molecule has 0 amide bonds. The number of carbonyl (C=O) groups is 8. The summed E-state index contributed by atoms with van der Waals surface area (Å²) in [5, 5.41) is 0. The highest BCUT2D eigenvalue weighted by molar-refractivity contribution is 5.97. The molecule has 0 heterocycles. The number of esters is 8. The van der Waals surface area contributed by atoms with E-state index in [1.165, 1.54) is 67.6 Å². The zero-order chi connectivity index (χ0) is 55.7. The molecule has 0 aliphatic heterocycles. The highest BCUT2D eigenvalue weighted by atomic mass is 16.6. The summed E-state index contributed by atoms with van der Waals surface area (Å²) in [4.78, 5) is 103. The first-order valence-corrected chi connectivity index (χ1v) is 26.0. The van der Waals surface area contributed by atoms with Crippen molar-refractivity contribution in [2.24, 2.45) is 23.7 Å². The van der Waals surface area contributed by atoms with E-state index in [1.807, 2.05) is 27.7 Å². The second kappa shape index (κ2) is 31.1. The average molecular weight is 1070 g/mol. The van der Waals surface area contributed by atoms with Crippen LogP contribution in [0.25, 0.3) is 0 Å². The van der Waals surface area contributed by atoms with Crippen molar-refractivity contribution < 1.29 is 85.7 Å². The standard InChI is InChI=1S/C59H68O18/c1-7-38(4)36-72-58(66)49-34-47(74-54(62)43-18-22-45(23-19-43)69-31-11-10-30-68-40(6)60)26-28-51(49)76-56(64)41-14-16-42(17-15-41)57(65)77-52-29-27-48(35-50(52)59(67)73-37-39(5)8-2)75-55(63)44-20-24-46(25-21-44)70-32-12-13-33-71-53(61)9-3/h9,18-29,34-35,38-39,41-42H,3,7-8,10-17,30-33,36-37H2,1-2,4-6H3. The van der Waals surface area contributed by atoms with E-state index >= 15 is 0 Å². The minimum Gasteiger partial charge on any atom is -0.494 e. The zero-order valence-corrected chi connectivity index (χ0v) is 44.3. The Balaban J connectivity index is 1.18. The molecule has 5 rings (SSSR count). The van der Waals surface area contributed by atoms with Crippen LogP contribution in [0.3, 0.4) is 0 Å². The monoisotopic (exact) mass is 1060 g/mol. The molecule has 1 aliphatic rings. The van der Waals surface area contributed by atoms with Crippen LogP contribution in [0.2, 0.25) is 0 Å². The lowest BCUT2D eigenvalue weighted by Crippen LogP contribution is -2.31. The van der Waals surface area contributed by atoms with Gasteiger partial charge in [-0.3, -0.25) is 14.4 Å². The smallest absolute Gasteiger partial charge is 0.343 e. The van der Waals surface area contributed by atoms with Crippen molar-refractivity contribution in [3.05, 3.63) is 120 Å². The normalized spacial score (nSPS) is 14.6. The molecular formula is C59H68O18. The summed E-state index contributed by atoms with van der Waals surface area (Å²) >= 11 is 0. The molecule has 2 unspecified atom stereocenters. The number of unbranched alkanes of at least 4 members (excludes halogenated alkanes) is 2. The van der Waals surface area contributed by atoms with E-state index in [0.29, 0.717) is 57.0 Å². The molecule has 0 N–H and O–H groups in total. The Kier molecular flexibility index (Phi) is 24.2. The first-order valence-electron chi connectivity index (χ1n) is 26.0. The maximum Gasteiger partial charge on any atom is 0.343 e. The van der Waals surface area contributed by atoms with Crippen molar-refractivity contribution in [3.8, 4) is 34.5 Å². The summed E-state index contributed by atoms with van der Waals surface area (Å²) in [5.41, 5.74) is 0.155. The average Bonchev–Trinajstić information content (AvgIpc) is 3.44. The fourth-order valence-electron chi connectivity index (χ4n) is 7.36. The molecule has 0 bridgehead atoms. The molecule has 18 nitrogen and oxygen atoms in total. The molecule has 1 fully saturated rings. The fourth-order valence-corrected chi connectivity index (χ4v) is 7.36. The molecule has 1 aliphatic carbocycles. The lowest BCUT2D eigenvalue weighted by Gasteiger charge is -2.26. The Bertz CT molecular complexity index is 2650. The zero-order valence-electron chi connectivity index (χ0n) is 44.3. The van der Waals surface area contributed by atoms with Gasteiger partial charge in [-0.1, -0.05) is 47.1 Å².